The van der Waals surface area contributed by atoms with Crippen molar-refractivity contribution in [2.45, 2.75) is 25.4 Å². The van der Waals surface area contributed by atoms with Crippen LogP contribution < -0.4 is 9.64 Å². The van der Waals surface area contributed by atoms with Gasteiger partial charge in [-0.3, -0.25) is 14.2 Å². The Hall–Kier alpha value is -2.57. The summed E-state index contributed by atoms with van der Waals surface area (Å²) in [5.74, 6) is 2.24. The molecular weight excluding hydrogens is 374 g/mol. The van der Waals surface area contributed by atoms with Crippen molar-refractivity contribution in [1.29, 1.82) is 0 Å². The zero-order chi connectivity index (χ0) is 20.5. The first kappa shape index (κ1) is 19.4. The quantitative estimate of drug-likeness (QED) is 0.650. The average Bonchev–Trinajstić information content (AvgIpc) is 3.45. The maximum absolute atomic E-state index is 5.56. The fourth-order valence-electron chi connectivity index (χ4n) is 4.85. The number of anilines is 1. The van der Waals surface area contributed by atoms with Crippen LogP contribution in [0.1, 0.15) is 30.1 Å². The molecule has 3 aromatic rings. The Bertz CT molecular complexity index is 1010. The minimum Gasteiger partial charge on any atom is -0.496 e. The highest BCUT2D eigenvalue weighted by molar-refractivity contribution is 5.53. The van der Waals surface area contributed by atoms with Crippen LogP contribution in [0.25, 0.3) is 5.65 Å². The van der Waals surface area contributed by atoms with Gasteiger partial charge in [0.05, 0.1) is 18.8 Å². The predicted octanol–water partition coefficient (Wildman–Crippen LogP) is 3.43. The number of fused-ring (bicyclic) bond motifs is 1. The Kier molecular flexibility index (Phi) is 5.35. The van der Waals surface area contributed by atoms with Crippen LogP contribution in [0.3, 0.4) is 0 Å². The smallest absolute Gasteiger partial charge is 0.138 e. The lowest BCUT2D eigenvalue weighted by Gasteiger charge is -2.38. The topological polar surface area (TPSA) is 36.2 Å². The molecule has 1 aromatic carbocycles. The SMILES string of the molecule is COc1ccccc1CN1CCN(C)[C@@H](c2cn3c(N4CCCC4)cccc3n2)C1. The summed E-state index contributed by atoms with van der Waals surface area (Å²) in [6.45, 7) is 6.24. The maximum Gasteiger partial charge on any atom is 0.138 e. The normalized spacial score (nSPS) is 20.9. The van der Waals surface area contributed by atoms with Crippen molar-refractivity contribution >= 4 is 11.5 Å². The van der Waals surface area contributed by atoms with Gasteiger partial charge in [-0.2, -0.15) is 0 Å². The number of ether oxygens (including phenoxy) is 1. The molecule has 5 rings (SSSR count). The lowest BCUT2D eigenvalue weighted by Crippen LogP contribution is -2.46. The fourth-order valence-corrected chi connectivity index (χ4v) is 4.85. The number of pyridine rings is 1. The fraction of sp³-hybridized carbons (Fsp3) is 0.458. The third-order valence-electron chi connectivity index (χ3n) is 6.58. The molecule has 1 atom stereocenters. The minimum absolute atomic E-state index is 0.291. The van der Waals surface area contributed by atoms with Crippen molar-refractivity contribution in [2.24, 2.45) is 0 Å². The first-order chi connectivity index (χ1) is 14.7. The van der Waals surface area contributed by atoms with E-state index in [2.05, 4.69) is 62.7 Å². The summed E-state index contributed by atoms with van der Waals surface area (Å²) in [5.41, 5.74) is 3.45. The molecule has 30 heavy (non-hydrogen) atoms. The monoisotopic (exact) mass is 405 g/mol. The molecule has 0 aliphatic carbocycles. The highest BCUT2D eigenvalue weighted by Gasteiger charge is 2.28. The van der Waals surface area contributed by atoms with Gasteiger partial charge in [0.1, 0.15) is 17.2 Å². The standard InChI is InChI=1S/C24H31N5O/c1-26-14-15-27(16-19-8-3-4-9-22(19)30-2)18-21(26)20-17-29-23(25-20)10-7-11-24(29)28-12-5-6-13-28/h3-4,7-11,17,21H,5-6,12-16,18H2,1-2H3/t21-/m1/s1. The molecule has 2 fully saturated rings. The van der Waals surface area contributed by atoms with E-state index < -0.39 is 0 Å². The van der Waals surface area contributed by atoms with Crippen LogP contribution in [0.5, 0.6) is 5.75 Å². The van der Waals surface area contributed by atoms with Crippen LogP contribution >= 0.6 is 0 Å². The number of piperazine rings is 1. The van der Waals surface area contributed by atoms with Crippen molar-refractivity contribution in [3.05, 3.63) is 59.9 Å². The van der Waals surface area contributed by atoms with Gasteiger partial charge in [-0.1, -0.05) is 24.3 Å². The van der Waals surface area contributed by atoms with Gasteiger partial charge in [0.25, 0.3) is 0 Å². The number of methoxy groups -OCH3 is 1. The summed E-state index contributed by atoms with van der Waals surface area (Å²) in [6, 6.07) is 15.1. The summed E-state index contributed by atoms with van der Waals surface area (Å²) >= 11 is 0. The van der Waals surface area contributed by atoms with Gasteiger partial charge in [0.2, 0.25) is 0 Å². The Morgan fingerprint density at radius 3 is 2.67 bits per heavy atom. The molecule has 2 aromatic heterocycles. The lowest BCUT2D eigenvalue weighted by atomic mass is 10.1. The Morgan fingerprint density at radius 1 is 1.00 bits per heavy atom. The molecule has 6 heteroatoms. The van der Waals surface area contributed by atoms with Crippen LogP contribution in [-0.2, 0) is 6.54 Å². The van der Waals surface area contributed by atoms with E-state index in [1.807, 2.05) is 12.1 Å². The van der Waals surface area contributed by atoms with E-state index >= 15 is 0 Å². The Morgan fingerprint density at radius 2 is 1.83 bits per heavy atom. The van der Waals surface area contributed by atoms with Crippen molar-refractivity contribution in [2.75, 3.05) is 51.8 Å². The van der Waals surface area contributed by atoms with Gasteiger partial charge in [0, 0.05) is 51.0 Å². The highest BCUT2D eigenvalue weighted by Crippen LogP contribution is 2.29. The van der Waals surface area contributed by atoms with Crippen LogP contribution in [0.15, 0.2) is 48.7 Å². The van der Waals surface area contributed by atoms with Gasteiger partial charge >= 0.3 is 0 Å². The number of hydrogen-bond donors (Lipinski definition) is 0. The third-order valence-corrected chi connectivity index (χ3v) is 6.58. The third kappa shape index (κ3) is 3.66. The summed E-state index contributed by atoms with van der Waals surface area (Å²) in [5, 5.41) is 0. The second-order valence-corrected chi connectivity index (χ2v) is 8.52. The number of nitrogens with zero attached hydrogens (tertiary/aromatic N) is 5. The van der Waals surface area contributed by atoms with E-state index in [0.717, 1.165) is 56.4 Å². The van der Waals surface area contributed by atoms with E-state index in [9.17, 15) is 0 Å². The number of aromatic nitrogens is 2. The Labute approximate surface area is 178 Å². The first-order valence-electron chi connectivity index (χ1n) is 11.0. The van der Waals surface area contributed by atoms with Crippen molar-refractivity contribution < 1.29 is 4.74 Å². The molecule has 0 N–H and O–H groups in total. The van der Waals surface area contributed by atoms with Crippen LogP contribution in [-0.4, -0.2) is 66.1 Å². The van der Waals surface area contributed by atoms with E-state index in [0.29, 0.717) is 6.04 Å². The largest absolute Gasteiger partial charge is 0.496 e. The molecule has 4 heterocycles. The first-order valence-corrected chi connectivity index (χ1v) is 11.0. The average molecular weight is 406 g/mol. The zero-order valence-corrected chi connectivity index (χ0v) is 18.0. The summed E-state index contributed by atoms with van der Waals surface area (Å²) < 4.78 is 7.85. The van der Waals surface area contributed by atoms with E-state index in [1.54, 1.807) is 7.11 Å². The Balaban J connectivity index is 1.40. The van der Waals surface area contributed by atoms with E-state index in [-0.39, 0.29) is 0 Å². The molecule has 2 aliphatic rings. The molecule has 2 saturated heterocycles. The van der Waals surface area contributed by atoms with Gasteiger partial charge in [-0.25, -0.2) is 4.98 Å². The summed E-state index contributed by atoms with van der Waals surface area (Å²) in [4.78, 5) is 12.5. The lowest BCUT2D eigenvalue weighted by molar-refractivity contribution is 0.0880. The van der Waals surface area contributed by atoms with Crippen LogP contribution in [0.2, 0.25) is 0 Å². The molecule has 0 amide bonds. The molecule has 158 valence electrons. The summed E-state index contributed by atoms with van der Waals surface area (Å²) in [6.07, 6.45) is 4.82. The van der Waals surface area contributed by atoms with E-state index in [1.165, 1.54) is 24.2 Å². The van der Waals surface area contributed by atoms with Crippen LogP contribution in [0, 0.1) is 0 Å². The molecule has 0 saturated carbocycles. The number of hydrogen-bond acceptors (Lipinski definition) is 5. The summed E-state index contributed by atoms with van der Waals surface area (Å²) in [7, 11) is 3.97. The number of imidazole rings is 1. The molecule has 0 bridgehead atoms. The molecule has 6 nitrogen and oxygen atoms in total. The number of benzene rings is 1. The second-order valence-electron chi connectivity index (χ2n) is 8.52. The van der Waals surface area contributed by atoms with Gasteiger partial charge in [-0.05, 0) is 38.1 Å². The van der Waals surface area contributed by atoms with Crippen LogP contribution in [0.4, 0.5) is 5.82 Å². The highest BCUT2D eigenvalue weighted by atomic mass is 16.5. The molecule has 0 unspecified atom stereocenters. The van der Waals surface area contributed by atoms with E-state index in [4.69, 9.17) is 9.72 Å². The van der Waals surface area contributed by atoms with Gasteiger partial charge < -0.3 is 9.64 Å². The molecule has 2 aliphatic heterocycles. The molecule has 0 radical (unpaired) electrons. The van der Waals surface area contributed by atoms with Crippen molar-refractivity contribution in [1.82, 2.24) is 19.2 Å². The zero-order valence-electron chi connectivity index (χ0n) is 18.0. The van der Waals surface area contributed by atoms with Gasteiger partial charge in [0.15, 0.2) is 0 Å². The predicted molar refractivity (Wildman–Crippen MR) is 120 cm³/mol. The van der Waals surface area contributed by atoms with Crippen molar-refractivity contribution in [3.63, 3.8) is 0 Å². The maximum atomic E-state index is 5.56. The number of rotatable bonds is 5. The second kappa shape index (κ2) is 8.28. The molecule has 0 spiro atoms. The number of para-hydroxylation sites is 1. The minimum atomic E-state index is 0.291. The number of likely N-dealkylation sites (N-methyl/N-ethyl adjacent to an activating group) is 1. The van der Waals surface area contributed by atoms with Crippen molar-refractivity contribution in [3.8, 4) is 5.75 Å². The van der Waals surface area contributed by atoms with Gasteiger partial charge in [-0.15, -0.1) is 0 Å². The molecular formula is C24H31N5O.